The number of carbonyl (C=O) groups is 1. The number of nitrogens with zero attached hydrogens (tertiary/aromatic N) is 4. The van der Waals surface area contributed by atoms with Gasteiger partial charge in [0.05, 0.1) is 18.3 Å². The standard InChI is InChI=1S/C17H25N5O3/c1-5-11(2)14(10-23)18-16(24)9-21-17(25)7-6-15(20-21)22-13(4)8-12(3)19-22/h6-8,11,14,23H,5,9-10H2,1-4H3,(H,18,24)/t11-,14+/m0/s1. The van der Waals surface area contributed by atoms with Crippen LogP contribution in [0, 0.1) is 19.8 Å². The SMILES string of the molecule is CC[C@H](C)[C@@H](CO)NC(=O)Cn1nc(-n2nc(C)cc2C)ccc1=O. The van der Waals surface area contributed by atoms with E-state index in [0.717, 1.165) is 22.5 Å². The summed E-state index contributed by atoms with van der Waals surface area (Å²) in [6, 6.07) is 4.50. The van der Waals surface area contributed by atoms with E-state index in [1.807, 2.05) is 33.8 Å². The Kier molecular flexibility index (Phi) is 6.08. The number of nitrogens with one attached hydrogen (secondary N) is 1. The highest BCUT2D eigenvalue weighted by molar-refractivity contribution is 5.76. The second kappa shape index (κ2) is 8.06. The van der Waals surface area contributed by atoms with Crippen LogP contribution >= 0.6 is 0 Å². The Morgan fingerprint density at radius 3 is 2.60 bits per heavy atom. The van der Waals surface area contributed by atoms with Crippen molar-refractivity contribution in [3.63, 3.8) is 0 Å². The summed E-state index contributed by atoms with van der Waals surface area (Å²) in [6.07, 6.45) is 0.830. The number of aliphatic hydroxyl groups is 1. The second-order valence-electron chi connectivity index (χ2n) is 6.27. The molecule has 0 aliphatic heterocycles. The molecule has 0 saturated heterocycles. The van der Waals surface area contributed by atoms with Crippen molar-refractivity contribution >= 4 is 5.91 Å². The molecule has 0 spiro atoms. The van der Waals surface area contributed by atoms with Crippen LogP contribution in [0.1, 0.15) is 31.7 Å². The van der Waals surface area contributed by atoms with Gasteiger partial charge in [-0.25, -0.2) is 9.36 Å². The quantitative estimate of drug-likeness (QED) is 0.762. The first-order valence-electron chi connectivity index (χ1n) is 8.37. The van der Waals surface area contributed by atoms with E-state index in [1.165, 1.54) is 6.07 Å². The number of hydrogen-bond acceptors (Lipinski definition) is 5. The first-order valence-corrected chi connectivity index (χ1v) is 8.37. The van der Waals surface area contributed by atoms with Gasteiger partial charge >= 0.3 is 0 Å². The van der Waals surface area contributed by atoms with Gasteiger partial charge < -0.3 is 10.4 Å². The predicted octanol–water partition coefficient (Wildman–Crippen LogP) is 0.569. The molecule has 2 N–H and O–H groups in total. The van der Waals surface area contributed by atoms with Crippen LogP contribution in [-0.2, 0) is 11.3 Å². The third-order valence-corrected chi connectivity index (χ3v) is 4.25. The van der Waals surface area contributed by atoms with E-state index in [2.05, 4.69) is 15.5 Å². The second-order valence-corrected chi connectivity index (χ2v) is 6.27. The van der Waals surface area contributed by atoms with E-state index in [4.69, 9.17) is 0 Å². The molecule has 0 aliphatic rings. The zero-order valence-corrected chi connectivity index (χ0v) is 15.1. The van der Waals surface area contributed by atoms with E-state index in [1.54, 1.807) is 10.7 Å². The third kappa shape index (κ3) is 4.54. The molecule has 8 heteroatoms. The van der Waals surface area contributed by atoms with Crippen molar-refractivity contribution in [2.24, 2.45) is 5.92 Å². The minimum Gasteiger partial charge on any atom is -0.394 e. The molecule has 0 bridgehead atoms. The van der Waals surface area contributed by atoms with Crippen molar-refractivity contribution in [1.29, 1.82) is 0 Å². The van der Waals surface area contributed by atoms with E-state index < -0.39 is 0 Å². The number of aromatic nitrogens is 4. The van der Waals surface area contributed by atoms with Crippen molar-refractivity contribution < 1.29 is 9.90 Å². The number of aliphatic hydroxyl groups excluding tert-OH is 1. The number of rotatable bonds is 7. The van der Waals surface area contributed by atoms with Gasteiger partial charge in [0.1, 0.15) is 6.54 Å². The Morgan fingerprint density at radius 2 is 2.04 bits per heavy atom. The number of carbonyl (C=O) groups excluding carboxylic acids is 1. The minimum absolute atomic E-state index is 0.139. The molecule has 2 aromatic rings. The summed E-state index contributed by atoms with van der Waals surface area (Å²) in [5, 5.41) is 20.7. The maximum atomic E-state index is 12.2. The smallest absolute Gasteiger partial charge is 0.267 e. The Balaban J connectivity index is 2.19. The summed E-state index contributed by atoms with van der Waals surface area (Å²) in [4.78, 5) is 24.2. The Morgan fingerprint density at radius 1 is 1.32 bits per heavy atom. The molecule has 2 heterocycles. The van der Waals surface area contributed by atoms with Gasteiger partial charge in [0.2, 0.25) is 5.91 Å². The highest BCUT2D eigenvalue weighted by Gasteiger charge is 2.18. The number of amides is 1. The van der Waals surface area contributed by atoms with Gasteiger partial charge in [0.15, 0.2) is 5.82 Å². The predicted molar refractivity (Wildman–Crippen MR) is 93.6 cm³/mol. The van der Waals surface area contributed by atoms with Crippen molar-refractivity contribution in [3.05, 3.63) is 39.9 Å². The first kappa shape index (κ1) is 18.9. The summed E-state index contributed by atoms with van der Waals surface area (Å²) >= 11 is 0. The Hall–Kier alpha value is -2.48. The summed E-state index contributed by atoms with van der Waals surface area (Å²) in [5.41, 5.74) is 1.36. The van der Waals surface area contributed by atoms with Crippen molar-refractivity contribution in [1.82, 2.24) is 24.9 Å². The molecule has 0 fully saturated rings. The number of hydrogen-bond donors (Lipinski definition) is 2. The molecule has 0 radical (unpaired) electrons. The van der Waals surface area contributed by atoms with Crippen LogP contribution in [0.4, 0.5) is 0 Å². The lowest BCUT2D eigenvalue weighted by Crippen LogP contribution is -2.44. The van der Waals surface area contributed by atoms with Crippen LogP contribution < -0.4 is 10.9 Å². The lowest BCUT2D eigenvalue weighted by Gasteiger charge is -2.22. The van der Waals surface area contributed by atoms with Gasteiger partial charge in [0.25, 0.3) is 5.56 Å². The van der Waals surface area contributed by atoms with Gasteiger partial charge in [-0.2, -0.15) is 5.10 Å². The molecule has 25 heavy (non-hydrogen) atoms. The Labute approximate surface area is 146 Å². The first-order chi connectivity index (χ1) is 11.8. The monoisotopic (exact) mass is 347 g/mol. The van der Waals surface area contributed by atoms with Crippen LogP contribution in [0.2, 0.25) is 0 Å². The lowest BCUT2D eigenvalue weighted by molar-refractivity contribution is -0.123. The van der Waals surface area contributed by atoms with Gasteiger partial charge in [-0.15, -0.1) is 5.10 Å². The fourth-order valence-corrected chi connectivity index (χ4v) is 2.57. The average Bonchev–Trinajstić information content (AvgIpc) is 2.92. The van der Waals surface area contributed by atoms with Crippen LogP contribution in [0.5, 0.6) is 0 Å². The average molecular weight is 347 g/mol. The maximum Gasteiger partial charge on any atom is 0.267 e. The van der Waals surface area contributed by atoms with E-state index in [9.17, 15) is 14.7 Å². The molecular formula is C17H25N5O3. The Bertz CT molecular complexity index is 796. The molecule has 2 atom stereocenters. The van der Waals surface area contributed by atoms with Gasteiger partial charge in [0, 0.05) is 11.8 Å². The van der Waals surface area contributed by atoms with E-state index >= 15 is 0 Å². The molecule has 0 aliphatic carbocycles. The van der Waals surface area contributed by atoms with E-state index in [0.29, 0.717) is 5.82 Å². The molecule has 0 unspecified atom stereocenters. The molecule has 136 valence electrons. The molecule has 2 aromatic heterocycles. The fraction of sp³-hybridized carbons (Fsp3) is 0.529. The lowest BCUT2D eigenvalue weighted by atomic mass is 10.00. The molecule has 8 nitrogen and oxygen atoms in total. The maximum absolute atomic E-state index is 12.2. The topological polar surface area (TPSA) is 102 Å². The fourth-order valence-electron chi connectivity index (χ4n) is 2.57. The minimum atomic E-state index is -0.371. The van der Waals surface area contributed by atoms with Gasteiger partial charge in [-0.05, 0) is 31.9 Å². The summed E-state index contributed by atoms with van der Waals surface area (Å²) in [7, 11) is 0. The zero-order chi connectivity index (χ0) is 18.6. The van der Waals surface area contributed by atoms with Crippen LogP contribution in [0.25, 0.3) is 5.82 Å². The molecular weight excluding hydrogens is 322 g/mol. The van der Waals surface area contributed by atoms with Crippen LogP contribution in [-0.4, -0.2) is 43.2 Å². The zero-order valence-electron chi connectivity index (χ0n) is 15.1. The van der Waals surface area contributed by atoms with Gasteiger partial charge in [-0.3, -0.25) is 9.59 Å². The van der Waals surface area contributed by atoms with Crippen molar-refractivity contribution in [2.75, 3.05) is 6.61 Å². The van der Waals surface area contributed by atoms with Crippen molar-refractivity contribution in [2.45, 2.75) is 46.7 Å². The largest absolute Gasteiger partial charge is 0.394 e. The molecule has 0 aromatic carbocycles. The van der Waals surface area contributed by atoms with Crippen LogP contribution in [0.15, 0.2) is 23.0 Å². The summed E-state index contributed by atoms with van der Waals surface area (Å²) in [5.74, 6) is 0.248. The number of aryl methyl sites for hydroxylation is 2. The highest BCUT2D eigenvalue weighted by Crippen LogP contribution is 2.08. The molecule has 2 rings (SSSR count). The highest BCUT2D eigenvalue weighted by atomic mass is 16.3. The van der Waals surface area contributed by atoms with Crippen molar-refractivity contribution in [3.8, 4) is 5.82 Å². The summed E-state index contributed by atoms with van der Waals surface area (Å²) in [6.45, 7) is 7.35. The third-order valence-electron chi connectivity index (χ3n) is 4.25. The van der Waals surface area contributed by atoms with Gasteiger partial charge in [-0.1, -0.05) is 20.3 Å². The molecule has 1 amide bonds. The molecule has 0 saturated carbocycles. The van der Waals surface area contributed by atoms with E-state index in [-0.39, 0.29) is 36.6 Å². The van der Waals surface area contributed by atoms with Crippen LogP contribution in [0.3, 0.4) is 0 Å². The summed E-state index contributed by atoms with van der Waals surface area (Å²) < 4.78 is 2.73. The normalized spacial score (nSPS) is 13.5.